The summed E-state index contributed by atoms with van der Waals surface area (Å²) in [5.74, 6) is -0.164. The summed E-state index contributed by atoms with van der Waals surface area (Å²) in [4.78, 5) is 10.5. The number of carbonyl (C=O) groups is 1. The fourth-order valence-corrected chi connectivity index (χ4v) is 4.13. The molecule has 25 heavy (non-hydrogen) atoms. The summed E-state index contributed by atoms with van der Waals surface area (Å²) in [6.45, 7) is 0.986. The van der Waals surface area contributed by atoms with Crippen LogP contribution in [0.5, 0.6) is 0 Å². The molecule has 0 aliphatic carbocycles. The molecule has 2 N–H and O–H groups in total. The van der Waals surface area contributed by atoms with Crippen LogP contribution in [0.4, 0.5) is 0 Å². The highest BCUT2D eigenvalue weighted by atomic mass is 16.5. The minimum Gasteiger partial charge on any atom is -0.481 e. The number of nitrogens with one attached hydrogen (secondary N) is 1. The summed E-state index contributed by atoms with van der Waals surface area (Å²) >= 11 is 0. The number of aliphatic carboxylic acids is 1. The molecule has 1 aromatic carbocycles. The largest absolute Gasteiger partial charge is 0.481 e. The van der Waals surface area contributed by atoms with Crippen molar-refractivity contribution in [1.29, 1.82) is 0 Å². The Bertz CT molecular complexity index is 572. The lowest BCUT2D eigenvalue weighted by Crippen LogP contribution is -2.44. The highest BCUT2D eigenvalue weighted by molar-refractivity contribution is 5.66. The van der Waals surface area contributed by atoms with Gasteiger partial charge in [-0.15, -0.1) is 0 Å². The number of allylic oxidation sites excluding steroid dienone is 2. The van der Waals surface area contributed by atoms with Crippen molar-refractivity contribution in [1.82, 2.24) is 5.32 Å². The summed E-state index contributed by atoms with van der Waals surface area (Å²) in [5, 5.41) is 12.4. The fourth-order valence-electron chi connectivity index (χ4n) is 4.13. The van der Waals surface area contributed by atoms with Gasteiger partial charge < -0.3 is 15.2 Å². The number of hydrogen-bond donors (Lipinski definition) is 2. The predicted octanol–water partition coefficient (Wildman–Crippen LogP) is 3.57. The average Bonchev–Trinajstić information content (AvgIpc) is 3.21. The third-order valence-corrected chi connectivity index (χ3v) is 5.40. The number of carboxylic acids is 1. The third kappa shape index (κ3) is 5.16. The van der Waals surface area contributed by atoms with Gasteiger partial charge in [-0.25, -0.2) is 0 Å². The van der Waals surface area contributed by atoms with Gasteiger partial charge in [-0.2, -0.15) is 0 Å². The topological polar surface area (TPSA) is 58.6 Å². The number of ether oxygens (including phenoxy) is 1. The Labute approximate surface area is 150 Å². The number of hydrogen-bond acceptors (Lipinski definition) is 3. The van der Waals surface area contributed by atoms with Crippen molar-refractivity contribution in [3.63, 3.8) is 0 Å². The molecule has 0 unspecified atom stereocenters. The van der Waals surface area contributed by atoms with Crippen LogP contribution in [0.15, 0.2) is 42.5 Å². The number of unbranched alkanes of at least 4 members (excludes halogenated alkanes) is 1. The second-order valence-corrected chi connectivity index (χ2v) is 7.16. The summed E-state index contributed by atoms with van der Waals surface area (Å²) < 4.78 is 6.14. The summed E-state index contributed by atoms with van der Waals surface area (Å²) in [6, 6.07) is 11.0. The van der Waals surface area contributed by atoms with E-state index >= 15 is 0 Å². The van der Waals surface area contributed by atoms with Crippen molar-refractivity contribution >= 4 is 5.97 Å². The Morgan fingerprint density at radius 1 is 1.20 bits per heavy atom. The van der Waals surface area contributed by atoms with Crippen molar-refractivity contribution in [2.45, 2.75) is 63.2 Å². The van der Waals surface area contributed by atoms with Gasteiger partial charge in [0, 0.05) is 18.4 Å². The minimum atomic E-state index is -0.711. The van der Waals surface area contributed by atoms with Crippen LogP contribution in [0.1, 0.15) is 44.1 Å². The van der Waals surface area contributed by atoms with Crippen LogP contribution in [0.2, 0.25) is 0 Å². The molecule has 0 aromatic heterocycles. The molecule has 0 spiro atoms. The quantitative estimate of drug-likeness (QED) is 0.504. The Hall–Kier alpha value is -1.65. The summed E-state index contributed by atoms with van der Waals surface area (Å²) in [7, 11) is 0. The van der Waals surface area contributed by atoms with Gasteiger partial charge >= 0.3 is 5.97 Å². The number of rotatable bonds is 10. The molecule has 1 aromatic rings. The predicted molar refractivity (Wildman–Crippen MR) is 98.6 cm³/mol. The van der Waals surface area contributed by atoms with E-state index in [4.69, 9.17) is 9.84 Å². The maximum absolute atomic E-state index is 10.5. The summed E-state index contributed by atoms with van der Waals surface area (Å²) in [6.07, 6.45) is 11.4. The van der Waals surface area contributed by atoms with Gasteiger partial charge in [0.05, 0.1) is 12.2 Å². The number of carboxylic acid groups (broad SMARTS) is 1. The molecule has 2 heterocycles. The highest BCUT2D eigenvalue weighted by Gasteiger charge is 2.47. The first-order valence-corrected chi connectivity index (χ1v) is 9.53. The SMILES string of the molecule is O=C(O)CCC/C=C\C[C@@H]1[C@@H](NCCc2ccccc2)[C@@H]2CC[C@H]1O2. The van der Waals surface area contributed by atoms with E-state index in [9.17, 15) is 4.79 Å². The second kappa shape index (κ2) is 9.16. The second-order valence-electron chi connectivity index (χ2n) is 7.16. The average molecular weight is 343 g/mol. The van der Waals surface area contributed by atoms with Crippen molar-refractivity contribution in [2.75, 3.05) is 6.54 Å². The van der Waals surface area contributed by atoms with Gasteiger partial charge in [0.1, 0.15) is 0 Å². The van der Waals surface area contributed by atoms with Crippen LogP contribution in [0.25, 0.3) is 0 Å². The number of fused-ring (bicyclic) bond motifs is 2. The van der Waals surface area contributed by atoms with E-state index in [1.807, 2.05) is 0 Å². The van der Waals surface area contributed by atoms with Gasteiger partial charge in [-0.3, -0.25) is 4.79 Å². The lowest BCUT2D eigenvalue weighted by atomic mass is 9.82. The van der Waals surface area contributed by atoms with Gasteiger partial charge in [-0.1, -0.05) is 42.5 Å². The van der Waals surface area contributed by atoms with Crippen LogP contribution in [0.3, 0.4) is 0 Å². The molecule has 2 saturated heterocycles. The van der Waals surface area contributed by atoms with Crippen LogP contribution in [0, 0.1) is 5.92 Å². The zero-order chi connectivity index (χ0) is 17.5. The molecular formula is C21H29NO3. The molecule has 4 nitrogen and oxygen atoms in total. The molecule has 4 heteroatoms. The standard InChI is InChI=1S/C21H29NO3/c23-20(24)11-7-2-1-6-10-17-18-12-13-19(25-18)21(17)22-15-14-16-8-4-3-5-9-16/h1,3-6,8-9,17-19,21-22H,2,7,10-15H2,(H,23,24)/b6-1-/t17-,18+,19-,21+/m0/s1. The lowest BCUT2D eigenvalue weighted by Gasteiger charge is -2.28. The van der Waals surface area contributed by atoms with E-state index in [1.54, 1.807) is 0 Å². The Morgan fingerprint density at radius 3 is 2.80 bits per heavy atom. The van der Waals surface area contributed by atoms with Gasteiger partial charge in [0.25, 0.3) is 0 Å². The molecule has 2 fully saturated rings. The number of benzene rings is 1. The molecule has 2 bridgehead atoms. The van der Waals surface area contributed by atoms with Crippen molar-refractivity contribution in [2.24, 2.45) is 5.92 Å². The third-order valence-electron chi connectivity index (χ3n) is 5.40. The van der Waals surface area contributed by atoms with E-state index < -0.39 is 5.97 Å². The smallest absolute Gasteiger partial charge is 0.303 e. The van der Waals surface area contributed by atoms with E-state index in [1.165, 1.54) is 18.4 Å². The molecule has 3 rings (SSSR count). The van der Waals surface area contributed by atoms with Crippen molar-refractivity contribution in [3.8, 4) is 0 Å². The molecule has 4 atom stereocenters. The van der Waals surface area contributed by atoms with Gasteiger partial charge in [0.2, 0.25) is 0 Å². The normalized spacial score (nSPS) is 28.0. The molecule has 2 aliphatic heterocycles. The molecule has 0 radical (unpaired) electrons. The first-order chi connectivity index (χ1) is 12.2. The van der Waals surface area contributed by atoms with Crippen LogP contribution < -0.4 is 5.32 Å². The maximum atomic E-state index is 10.5. The van der Waals surface area contributed by atoms with E-state index in [-0.39, 0.29) is 6.42 Å². The van der Waals surface area contributed by atoms with E-state index in [2.05, 4.69) is 47.8 Å². The van der Waals surface area contributed by atoms with Crippen molar-refractivity contribution < 1.29 is 14.6 Å². The molecule has 0 amide bonds. The summed E-state index contributed by atoms with van der Waals surface area (Å²) in [5.41, 5.74) is 1.37. The molecule has 136 valence electrons. The minimum absolute atomic E-state index is 0.255. The molecule has 0 saturated carbocycles. The van der Waals surface area contributed by atoms with Gasteiger partial charge in [-0.05, 0) is 50.6 Å². The first kappa shape index (κ1) is 18.2. The monoisotopic (exact) mass is 343 g/mol. The van der Waals surface area contributed by atoms with Crippen molar-refractivity contribution in [3.05, 3.63) is 48.0 Å². The van der Waals surface area contributed by atoms with Crippen LogP contribution in [-0.4, -0.2) is 35.9 Å². The molecule has 2 aliphatic rings. The fraction of sp³-hybridized carbons (Fsp3) is 0.571. The van der Waals surface area contributed by atoms with Gasteiger partial charge in [0.15, 0.2) is 0 Å². The highest BCUT2D eigenvalue weighted by Crippen LogP contribution is 2.41. The first-order valence-electron chi connectivity index (χ1n) is 9.53. The maximum Gasteiger partial charge on any atom is 0.303 e. The molecular weight excluding hydrogens is 314 g/mol. The Kier molecular flexibility index (Phi) is 6.65. The lowest BCUT2D eigenvalue weighted by molar-refractivity contribution is -0.137. The zero-order valence-electron chi connectivity index (χ0n) is 14.8. The Morgan fingerprint density at radius 2 is 2.00 bits per heavy atom. The van der Waals surface area contributed by atoms with E-state index in [0.29, 0.717) is 24.2 Å². The van der Waals surface area contributed by atoms with E-state index in [0.717, 1.165) is 32.2 Å². The Balaban J connectivity index is 1.43. The zero-order valence-corrected chi connectivity index (χ0v) is 14.8. The van der Waals surface area contributed by atoms with Crippen LogP contribution in [-0.2, 0) is 16.0 Å². The van der Waals surface area contributed by atoms with Crippen LogP contribution >= 0.6 is 0 Å².